The van der Waals surface area contributed by atoms with E-state index in [1.54, 1.807) is 23.2 Å². The highest BCUT2D eigenvalue weighted by Gasteiger charge is 2.49. The summed E-state index contributed by atoms with van der Waals surface area (Å²) in [5.41, 5.74) is 1.30. The minimum Gasteiger partial charge on any atom is -0.461 e. The van der Waals surface area contributed by atoms with Gasteiger partial charge in [-0.3, -0.25) is 14.7 Å². The van der Waals surface area contributed by atoms with Crippen LogP contribution >= 0.6 is 11.6 Å². The normalized spacial score (nSPS) is 24.7. The summed E-state index contributed by atoms with van der Waals surface area (Å²) in [5.74, 6) is -0.0951. The van der Waals surface area contributed by atoms with Gasteiger partial charge in [-0.2, -0.15) is 15.2 Å². The molecule has 4 fully saturated rings. The maximum absolute atomic E-state index is 16.8. The van der Waals surface area contributed by atoms with Crippen molar-refractivity contribution in [1.29, 1.82) is 5.26 Å². The molecule has 2 aromatic heterocycles. The van der Waals surface area contributed by atoms with Crippen molar-refractivity contribution in [3.63, 3.8) is 0 Å². The van der Waals surface area contributed by atoms with Gasteiger partial charge in [0.05, 0.1) is 29.5 Å². The van der Waals surface area contributed by atoms with Gasteiger partial charge in [-0.1, -0.05) is 29.8 Å². The van der Waals surface area contributed by atoms with Gasteiger partial charge in [-0.05, 0) is 70.8 Å². The van der Waals surface area contributed by atoms with Crippen LogP contribution in [0.4, 0.5) is 14.6 Å². The van der Waals surface area contributed by atoms with E-state index in [1.807, 2.05) is 49.0 Å². The number of ether oxygens (including phenoxy) is 1. The molecule has 264 valence electrons. The lowest BCUT2D eigenvalue weighted by molar-refractivity contribution is -0.128. The Balaban J connectivity index is 1.26. The summed E-state index contributed by atoms with van der Waals surface area (Å²) in [4.78, 5) is 35.2. The molecule has 5 heterocycles. The highest BCUT2D eigenvalue weighted by Crippen LogP contribution is 2.48. The van der Waals surface area contributed by atoms with Crippen LogP contribution in [0.5, 0.6) is 6.01 Å². The smallest absolute Gasteiger partial charge is 0.319 e. The van der Waals surface area contributed by atoms with Crippen molar-refractivity contribution >= 4 is 34.2 Å². The fraction of sp³-hybridized carbons (Fsp3) is 0.541. The monoisotopic (exact) mass is 704 g/mol. The fourth-order valence-corrected chi connectivity index (χ4v) is 8.13. The Bertz CT molecular complexity index is 1850. The molecular formula is C37H43ClF2N8O2. The molecule has 1 aliphatic carbocycles. The molecule has 0 N–H and O–H groups in total. The lowest BCUT2D eigenvalue weighted by Gasteiger charge is -2.41. The third-order valence-corrected chi connectivity index (χ3v) is 11.2. The zero-order valence-corrected chi connectivity index (χ0v) is 29.5. The average Bonchev–Trinajstić information content (AvgIpc) is 3.79. The summed E-state index contributed by atoms with van der Waals surface area (Å²) in [5, 5.41) is 10.7. The van der Waals surface area contributed by atoms with Gasteiger partial charge in [0.1, 0.15) is 29.8 Å². The number of carbonyl (C=O) groups is 1. The third-order valence-electron chi connectivity index (χ3n) is 10.9. The van der Waals surface area contributed by atoms with Crippen molar-refractivity contribution in [2.24, 2.45) is 0 Å². The highest BCUT2D eigenvalue weighted by atomic mass is 35.5. The predicted molar refractivity (Wildman–Crippen MR) is 188 cm³/mol. The summed E-state index contributed by atoms with van der Waals surface area (Å²) in [7, 11) is 3.88. The Morgan fingerprint density at radius 3 is 2.82 bits per heavy atom. The van der Waals surface area contributed by atoms with E-state index in [0.29, 0.717) is 54.4 Å². The SMILES string of the molecule is C[C@@H](/C=C/C(=O)N1CCN(c2nc(OC[C@@]34CCCN3C[C@H](F)C4)nc3c(F)c(-c4cccc(Cl)c4C4CC4)ncc23)C[C@@H]1CC#N)N(C)C. The van der Waals surface area contributed by atoms with Crippen LogP contribution in [-0.4, -0.2) is 113 Å². The summed E-state index contributed by atoms with van der Waals surface area (Å²) < 4.78 is 37.7. The quantitative estimate of drug-likeness (QED) is 0.244. The summed E-state index contributed by atoms with van der Waals surface area (Å²) in [6, 6.07) is 7.33. The number of hydrogen-bond donors (Lipinski definition) is 0. The molecule has 4 aliphatic rings. The van der Waals surface area contributed by atoms with Crippen LogP contribution in [0.25, 0.3) is 22.2 Å². The second kappa shape index (κ2) is 14.0. The molecule has 4 atom stereocenters. The van der Waals surface area contributed by atoms with Gasteiger partial charge in [0, 0.05) is 61.5 Å². The van der Waals surface area contributed by atoms with E-state index in [2.05, 4.69) is 20.9 Å². The van der Waals surface area contributed by atoms with Crippen molar-refractivity contribution in [2.45, 2.75) is 75.2 Å². The Labute approximate surface area is 296 Å². The first-order valence-electron chi connectivity index (χ1n) is 17.5. The van der Waals surface area contributed by atoms with E-state index < -0.39 is 23.6 Å². The average molecular weight is 705 g/mol. The Morgan fingerprint density at radius 1 is 1.24 bits per heavy atom. The minimum atomic E-state index is -0.923. The summed E-state index contributed by atoms with van der Waals surface area (Å²) in [6.07, 6.45) is 8.31. The van der Waals surface area contributed by atoms with E-state index in [-0.39, 0.29) is 48.1 Å². The van der Waals surface area contributed by atoms with Crippen LogP contribution < -0.4 is 9.64 Å². The van der Waals surface area contributed by atoms with Crippen molar-refractivity contribution < 1.29 is 18.3 Å². The first kappa shape index (κ1) is 34.5. The molecule has 3 saturated heterocycles. The number of pyridine rings is 1. The number of carbonyl (C=O) groups excluding carboxylic acids is 1. The summed E-state index contributed by atoms with van der Waals surface area (Å²) in [6.45, 7) is 4.41. The number of piperazine rings is 1. The summed E-state index contributed by atoms with van der Waals surface area (Å²) >= 11 is 6.63. The number of anilines is 1. The molecule has 10 nitrogen and oxygen atoms in total. The molecule has 0 unspecified atom stereocenters. The molecule has 0 bridgehead atoms. The largest absolute Gasteiger partial charge is 0.461 e. The predicted octanol–water partition coefficient (Wildman–Crippen LogP) is 5.75. The number of alkyl halides is 1. The zero-order valence-electron chi connectivity index (χ0n) is 28.8. The van der Waals surface area contributed by atoms with E-state index in [0.717, 1.165) is 37.8 Å². The van der Waals surface area contributed by atoms with Gasteiger partial charge >= 0.3 is 6.01 Å². The molecule has 0 radical (unpaired) electrons. The molecule has 1 aromatic carbocycles. The maximum atomic E-state index is 16.8. The first-order valence-corrected chi connectivity index (χ1v) is 17.9. The van der Waals surface area contributed by atoms with E-state index in [9.17, 15) is 14.4 Å². The molecular weight excluding hydrogens is 662 g/mol. The van der Waals surface area contributed by atoms with Crippen LogP contribution in [0.15, 0.2) is 36.5 Å². The molecule has 50 heavy (non-hydrogen) atoms. The maximum Gasteiger partial charge on any atom is 0.319 e. The van der Waals surface area contributed by atoms with Crippen molar-refractivity contribution in [1.82, 2.24) is 29.7 Å². The number of likely N-dealkylation sites (N-methyl/N-ethyl adjacent to an activating group) is 1. The highest BCUT2D eigenvalue weighted by molar-refractivity contribution is 6.32. The second-order valence-corrected chi connectivity index (χ2v) is 14.8. The standard InChI is InChI=1S/C37H43ClF2N8O2/c1-23(45(2)3)8-11-30(49)48-17-16-46(21-26(48)12-14-41)35-28-19-42-33(27-6-4-7-29(38)31(27)24-9-10-24)32(40)34(28)43-36(44-35)50-22-37-13-5-15-47(37)20-25(39)18-37/h4,6-8,11,19,23-26H,5,9-10,12-13,15-18,20-22H2,1-3H3/b11-8+/t23-,25+,26-,37-/m0/s1. The number of rotatable bonds is 10. The fourth-order valence-electron chi connectivity index (χ4n) is 7.80. The number of halogens is 3. The van der Waals surface area contributed by atoms with Gasteiger partial charge in [0.2, 0.25) is 5.91 Å². The van der Waals surface area contributed by atoms with Gasteiger partial charge in [-0.15, -0.1) is 0 Å². The van der Waals surface area contributed by atoms with E-state index >= 15 is 4.39 Å². The Hall–Kier alpha value is -3.92. The zero-order chi connectivity index (χ0) is 35.2. The van der Waals surface area contributed by atoms with Crippen LogP contribution in [0, 0.1) is 17.1 Å². The van der Waals surface area contributed by atoms with Gasteiger partial charge in [0.15, 0.2) is 5.82 Å². The van der Waals surface area contributed by atoms with E-state index in [4.69, 9.17) is 21.3 Å². The van der Waals surface area contributed by atoms with Crippen LogP contribution in [0.2, 0.25) is 5.02 Å². The Morgan fingerprint density at radius 2 is 2.06 bits per heavy atom. The van der Waals surface area contributed by atoms with Gasteiger partial charge in [0.25, 0.3) is 0 Å². The number of nitriles is 1. The van der Waals surface area contributed by atoms with Crippen molar-refractivity contribution in [3.8, 4) is 23.3 Å². The van der Waals surface area contributed by atoms with Crippen LogP contribution in [0.3, 0.4) is 0 Å². The molecule has 1 saturated carbocycles. The molecule has 13 heteroatoms. The first-order chi connectivity index (χ1) is 24.1. The van der Waals surface area contributed by atoms with Crippen molar-refractivity contribution in [3.05, 3.63) is 53.0 Å². The van der Waals surface area contributed by atoms with Crippen LogP contribution in [-0.2, 0) is 4.79 Å². The number of fused-ring (bicyclic) bond motifs is 2. The molecule has 3 aliphatic heterocycles. The third kappa shape index (κ3) is 6.63. The number of amides is 1. The van der Waals surface area contributed by atoms with Crippen molar-refractivity contribution in [2.75, 3.05) is 58.3 Å². The lowest BCUT2D eigenvalue weighted by Crippen LogP contribution is -2.55. The minimum absolute atomic E-state index is 0.00320. The molecule has 1 amide bonds. The second-order valence-electron chi connectivity index (χ2n) is 14.4. The molecule has 0 spiro atoms. The number of aromatic nitrogens is 3. The van der Waals surface area contributed by atoms with Gasteiger partial charge in [-0.25, -0.2) is 8.78 Å². The molecule has 3 aromatic rings. The Kier molecular flexibility index (Phi) is 9.67. The number of hydrogen-bond acceptors (Lipinski definition) is 9. The lowest BCUT2D eigenvalue weighted by atomic mass is 9.95. The molecule has 7 rings (SSSR count). The van der Waals surface area contributed by atoms with Gasteiger partial charge < -0.3 is 19.4 Å². The number of nitrogens with zero attached hydrogens (tertiary/aromatic N) is 8. The van der Waals surface area contributed by atoms with Crippen LogP contribution in [0.1, 0.15) is 56.9 Å². The topological polar surface area (TPSA) is 102 Å². The van der Waals surface area contributed by atoms with E-state index in [1.165, 1.54) is 0 Å². The number of benzene rings is 1.